The monoisotopic (exact) mass is 317 g/mol. The van der Waals surface area contributed by atoms with Crippen LogP contribution in [-0.4, -0.2) is 30.2 Å². The zero-order valence-electron chi connectivity index (χ0n) is 12.7. The number of fused-ring (bicyclic) bond motifs is 1. The Morgan fingerprint density at radius 3 is 2.64 bits per heavy atom. The second-order valence-corrected chi connectivity index (χ2v) is 5.89. The average Bonchev–Trinajstić information content (AvgIpc) is 2.79. The van der Waals surface area contributed by atoms with Crippen LogP contribution in [-0.2, 0) is 25.7 Å². The fraction of sp³-hybridized carbons (Fsp3) is 0.412. The summed E-state index contributed by atoms with van der Waals surface area (Å²) in [6, 6.07) is 7.93. The first kappa shape index (κ1) is 15.3. The zero-order chi connectivity index (χ0) is 15.4. The molecule has 0 unspecified atom stereocenters. The maximum Gasteiger partial charge on any atom is 0.219 e. The molecule has 1 aromatic carbocycles. The Hall–Kier alpha value is -1.65. The van der Waals surface area contributed by atoms with Gasteiger partial charge in [-0.1, -0.05) is 23.7 Å². The van der Waals surface area contributed by atoms with Crippen molar-refractivity contribution in [1.82, 2.24) is 15.3 Å². The third kappa shape index (κ3) is 3.57. The number of nitrogens with zero attached hydrogens (tertiary/aromatic N) is 2. The van der Waals surface area contributed by atoms with Crippen LogP contribution in [0.3, 0.4) is 0 Å². The smallest absolute Gasteiger partial charge is 0.219 e. The molecule has 0 saturated carbocycles. The van der Waals surface area contributed by atoms with Crippen molar-refractivity contribution in [1.29, 1.82) is 0 Å². The van der Waals surface area contributed by atoms with Crippen LogP contribution in [0.25, 0.3) is 0 Å². The lowest BCUT2D eigenvalue weighted by atomic mass is 10.1. The average molecular weight is 318 g/mol. The predicted molar refractivity (Wildman–Crippen MR) is 87.7 cm³/mol. The van der Waals surface area contributed by atoms with Gasteiger partial charge in [-0.15, -0.1) is 0 Å². The Labute approximate surface area is 135 Å². The quantitative estimate of drug-likeness (QED) is 0.941. The Bertz CT molecular complexity index is 643. The summed E-state index contributed by atoms with van der Waals surface area (Å²) in [6.07, 6.45) is 3.56. The molecule has 116 valence electrons. The van der Waals surface area contributed by atoms with E-state index in [1.54, 1.807) is 7.11 Å². The fourth-order valence-electron chi connectivity index (χ4n) is 2.75. The van der Waals surface area contributed by atoms with E-state index >= 15 is 0 Å². The van der Waals surface area contributed by atoms with Crippen LogP contribution in [0.2, 0.25) is 5.02 Å². The zero-order valence-corrected chi connectivity index (χ0v) is 13.5. The normalized spacial score (nSPS) is 14.3. The molecular formula is C17H20ClN3O. The second-order valence-electron chi connectivity index (χ2n) is 5.45. The van der Waals surface area contributed by atoms with E-state index in [9.17, 15) is 0 Å². The number of rotatable bonds is 4. The number of aromatic nitrogens is 2. The summed E-state index contributed by atoms with van der Waals surface area (Å²) in [6.45, 7) is 1.92. The number of ether oxygens (including phenoxy) is 1. The number of benzene rings is 1. The molecule has 0 radical (unpaired) electrons. The molecule has 2 aromatic rings. The topological polar surface area (TPSA) is 47.0 Å². The van der Waals surface area contributed by atoms with Crippen LogP contribution in [0.1, 0.15) is 22.6 Å². The van der Waals surface area contributed by atoms with Gasteiger partial charge in [-0.05, 0) is 37.1 Å². The Balaban J connectivity index is 1.78. The number of halogens is 1. The molecule has 0 aliphatic carbocycles. The lowest BCUT2D eigenvalue weighted by Gasteiger charge is -2.12. The maximum absolute atomic E-state index is 5.92. The summed E-state index contributed by atoms with van der Waals surface area (Å²) >= 11 is 5.92. The third-order valence-corrected chi connectivity index (χ3v) is 4.19. The molecule has 22 heavy (non-hydrogen) atoms. The van der Waals surface area contributed by atoms with E-state index in [-0.39, 0.29) is 0 Å². The Morgan fingerprint density at radius 1 is 1.09 bits per heavy atom. The summed E-state index contributed by atoms with van der Waals surface area (Å²) in [5, 5.41) is 4.16. The molecule has 0 fully saturated rings. The minimum atomic E-state index is 0.736. The standard InChI is InChI=1S/C17H20ClN3O/c1-22-17-14-8-10-19-11-9-15(14)20-16(21-17)7-4-12-2-5-13(18)6-3-12/h2-3,5-6,19H,4,7-11H2,1H3. The third-order valence-electron chi connectivity index (χ3n) is 3.94. The van der Waals surface area contributed by atoms with Crippen molar-refractivity contribution in [3.05, 3.63) is 51.9 Å². The number of aryl methyl sites for hydroxylation is 2. The largest absolute Gasteiger partial charge is 0.481 e. The molecule has 2 heterocycles. The van der Waals surface area contributed by atoms with Crippen molar-refractivity contribution < 1.29 is 4.74 Å². The van der Waals surface area contributed by atoms with E-state index in [4.69, 9.17) is 21.3 Å². The van der Waals surface area contributed by atoms with E-state index in [0.29, 0.717) is 0 Å². The molecule has 0 amide bonds. The summed E-state index contributed by atoms with van der Waals surface area (Å²) < 4.78 is 5.48. The van der Waals surface area contributed by atoms with Crippen molar-refractivity contribution >= 4 is 11.6 Å². The number of nitrogens with one attached hydrogen (secondary N) is 1. The van der Waals surface area contributed by atoms with E-state index in [1.165, 1.54) is 5.56 Å². The van der Waals surface area contributed by atoms with Gasteiger partial charge in [0.25, 0.3) is 0 Å². The van der Waals surface area contributed by atoms with Gasteiger partial charge in [0.05, 0.1) is 12.8 Å². The van der Waals surface area contributed by atoms with Crippen molar-refractivity contribution in [2.75, 3.05) is 20.2 Å². The number of hydrogen-bond acceptors (Lipinski definition) is 4. The number of hydrogen-bond donors (Lipinski definition) is 1. The minimum absolute atomic E-state index is 0.736. The van der Waals surface area contributed by atoms with Gasteiger partial charge in [-0.3, -0.25) is 0 Å². The van der Waals surface area contributed by atoms with E-state index in [1.807, 2.05) is 24.3 Å². The number of methoxy groups -OCH3 is 1. The molecule has 1 aromatic heterocycles. The summed E-state index contributed by atoms with van der Waals surface area (Å²) in [5.74, 6) is 1.59. The highest BCUT2D eigenvalue weighted by Gasteiger charge is 2.17. The van der Waals surface area contributed by atoms with Crippen LogP contribution >= 0.6 is 11.6 Å². The van der Waals surface area contributed by atoms with Crippen molar-refractivity contribution in [2.24, 2.45) is 0 Å². The first-order valence-electron chi connectivity index (χ1n) is 7.64. The molecule has 1 N–H and O–H groups in total. The molecule has 0 bridgehead atoms. The molecule has 1 aliphatic heterocycles. The van der Waals surface area contributed by atoms with Gasteiger partial charge in [0.1, 0.15) is 5.82 Å². The second kappa shape index (κ2) is 7.07. The SMILES string of the molecule is COc1nc(CCc2ccc(Cl)cc2)nc2c1CCNCC2. The van der Waals surface area contributed by atoms with Crippen LogP contribution in [0.4, 0.5) is 0 Å². The highest BCUT2D eigenvalue weighted by atomic mass is 35.5. The maximum atomic E-state index is 5.92. The van der Waals surface area contributed by atoms with Crippen LogP contribution in [0, 0.1) is 0 Å². The van der Waals surface area contributed by atoms with Gasteiger partial charge in [0.15, 0.2) is 0 Å². The highest BCUT2D eigenvalue weighted by molar-refractivity contribution is 6.30. The molecule has 1 aliphatic rings. The van der Waals surface area contributed by atoms with Gasteiger partial charge in [-0.2, -0.15) is 4.98 Å². The molecular weight excluding hydrogens is 298 g/mol. The van der Waals surface area contributed by atoms with Gasteiger partial charge < -0.3 is 10.1 Å². The van der Waals surface area contributed by atoms with E-state index in [0.717, 1.165) is 66.8 Å². The molecule has 4 nitrogen and oxygen atoms in total. The molecule has 0 atom stereocenters. The van der Waals surface area contributed by atoms with Gasteiger partial charge in [0, 0.05) is 30.0 Å². The molecule has 5 heteroatoms. The predicted octanol–water partition coefficient (Wildman–Crippen LogP) is 2.61. The van der Waals surface area contributed by atoms with Gasteiger partial charge in [0.2, 0.25) is 5.88 Å². The fourth-order valence-corrected chi connectivity index (χ4v) is 2.87. The van der Waals surface area contributed by atoms with Crippen molar-refractivity contribution in [3.63, 3.8) is 0 Å². The van der Waals surface area contributed by atoms with Gasteiger partial charge >= 0.3 is 0 Å². The summed E-state index contributed by atoms with van der Waals surface area (Å²) in [7, 11) is 1.68. The van der Waals surface area contributed by atoms with Crippen LogP contribution < -0.4 is 10.1 Å². The highest BCUT2D eigenvalue weighted by Crippen LogP contribution is 2.22. The van der Waals surface area contributed by atoms with Crippen molar-refractivity contribution in [2.45, 2.75) is 25.7 Å². The van der Waals surface area contributed by atoms with Crippen LogP contribution in [0.15, 0.2) is 24.3 Å². The lowest BCUT2D eigenvalue weighted by Crippen LogP contribution is -2.16. The van der Waals surface area contributed by atoms with Crippen molar-refractivity contribution in [3.8, 4) is 5.88 Å². The molecule has 3 rings (SSSR count). The molecule has 0 spiro atoms. The van der Waals surface area contributed by atoms with Gasteiger partial charge in [-0.25, -0.2) is 4.98 Å². The van der Waals surface area contributed by atoms with Crippen LogP contribution in [0.5, 0.6) is 5.88 Å². The Kier molecular flexibility index (Phi) is 4.90. The summed E-state index contributed by atoms with van der Waals surface area (Å²) in [4.78, 5) is 9.35. The lowest BCUT2D eigenvalue weighted by molar-refractivity contribution is 0.388. The molecule has 0 saturated heterocycles. The summed E-state index contributed by atoms with van der Waals surface area (Å²) in [5.41, 5.74) is 3.52. The minimum Gasteiger partial charge on any atom is -0.481 e. The van der Waals surface area contributed by atoms with E-state index in [2.05, 4.69) is 10.3 Å². The first-order valence-corrected chi connectivity index (χ1v) is 8.02. The van der Waals surface area contributed by atoms with E-state index < -0.39 is 0 Å². The Morgan fingerprint density at radius 2 is 1.86 bits per heavy atom. The first-order chi connectivity index (χ1) is 10.8.